The van der Waals surface area contributed by atoms with Crippen LogP contribution in [0.4, 0.5) is 0 Å². The molecule has 2 nitrogen and oxygen atoms in total. The van der Waals surface area contributed by atoms with E-state index in [-0.39, 0.29) is 33.4 Å². The van der Waals surface area contributed by atoms with Gasteiger partial charge in [0.15, 0.2) is 0 Å². The molecule has 3 heteroatoms. The van der Waals surface area contributed by atoms with Gasteiger partial charge in [0.25, 0.3) is 0 Å². The summed E-state index contributed by atoms with van der Waals surface area (Å²) in [7, 11) is 0. The molecule has 5 saturated carbocycles. The van der Waals surface area contributed by atoms with Crippen LogP contribution in [0.1, 0.15) is 127 Å². The fourth-order valence-electron chi connectivity index (χ4n) is 12.9. The molecule has 39 heavy (non-hydrogen) atoms. The summed E-state index contributed by atoms with van der Waals surface area (Å²) in [6, 6.07) is 0. The van der Waals surface area contributed by atoms with Gasteiger partial charge >= 0.3 is 5.97 Å². The van der Waals surface area contributed by atoms with E-state index in [0.29, 0.717) is 34.8 Å². The molecule has 0 aromatic heterocycles. The van der Waals surface area contributed by atoms with E-state index >= 15 is 0 Å². The van der Waals surface area contributed by atoms with Gasteiger partial charge in [0.2, 0.25) is 0 Å². The van der Waals surface area contributed by atoms with Gasteiger partial charge in [-0.15, -0.1) is 0 Å². The highest BCUT2D eigenvalue weighted by molar-refractivity contribution is 7.81. The molecule has 5 fully saturated rings. The fourth-order valence-corrected chi connectivity index (χ4v) is 13.8. The highest BCUT2D eigenvalue weighted by Crippen LogP contribution is 2.78. The topological polar surface area (TPSA) is 26.3 Å². The summed E-state index contributed by atoms with van der Waals surface area (Å²) in [4.78, 5) is 13.4. The first kappa shape index (κ1) is 30.0. The Morgan fingerprint density at radius 2 is 1.59 bits per heavy atom. The molecule has 0 heterocycles. The van der Waals surface area contributed by atoms with Gasteiger partial charge in [0, 0.05) is 16.7 Å². The average Bonchev–Trinajstić information content (AvgIpc) is 2.85. The van der Waals surface area contributed by atoms with Crippen LogP contribution in [0.3, 0.4) is 0 Å². The lowest BCUT2D eigenvalue weighted by molar-refractivity contribution is -0.255. The molecule has 2 unspecified atom stereocenters. The van der Waals surface area contributed by atoms with Gasteiger partial charge < -0.3 is 4.74 Å². The van der Waals surface area contributed by atoms with Crippen molar-refractivity contribution in [2.45, 2.75) is 132 Å². The minimum absolute atomic E-state index is 0.00366. The van der Waals surface area contributed by atoms with Crippen LogP contribution in [0.15, 0.2) is 12.2 Å². The SMILES string of the molecule is C=C(C(=O)OCCC)C1C(S)CC(C)(C)[C@@H]2CC[C@]3(C)[C@H](CC[C@@H]4[C@@H]5[C@@H](C)[C@H](C)CC[C@]5(C)CC[C@]43C)[C@@]12C. The number of rotatable bonds is 4. The zero-order valence-electron chi connectivity index (χ0n) is 26.9. The predicted molar refractivity (Wildman–Crippen MR) is 167 cm³/mol. The van der Waals surface area contributed by atoms with E-state index in [2.05, 4.69) is 68.9 Å². The molecule has 0 N–H and O–H groups in total. The van der Waals surface area contributed by atoms with Gasteiger partial charge in [-0.25, -0.2) is 4.79 Å². The van der Waals surface area contributed by atoms with Crippen molar-refractivity contribution in [1.82, 2.24) is 0 Å². The van der Waals surface area contributed by atoms with Crippen molar-refractivity contribution in [3.63, 3.8) is 0 Å². The number of thiol groups is 1. The van der Waals surface area contributed by atoms with Crippen LogP contribution < -0.4 is 0 Å². The first-order chi connectivity index (χ1) is 18.1. The van der Waals surface area contributed by atoms with E-state index in [0.717, 1.165) is 36.5 Å². The van der Waals surface area contributed by atoms with Crippen molar-refractivity contribution in [1.29, 1.82) is 0 Å². The van der Waals surface area contributed by atoms with E-state index in [4.69, 9.17) is 17.4 Å². The molecule has 0 aromatic rings. The van der Waals surface area contributed by atoms with Crippen LogP contribution in [-0.4, -0.2) is 17.8 Å². The van der Waals surface area contributed by atoms with Gasteiger partial charge in [-0.05, 0) is 127 Å². The van der Waals surface area contributed by atoms with E-state index in [1.54, 1.807) is 0 Å². The third-order valence-electron chi connectivity index (χ3n) is 15.0. The molecule has 5 aliphatic rings. The van der Waals surface area contributed by atoms with Crippen molar-refractivity contribution >= 4 is 18.6 Å². The van der Waals surface area contributed by atoms with Crippen LogP contribution in [0.25, 0.3) is 0 Å². The smallest absolute Gasteiger partial charge is 0.333 e. The van der Waals surface area contributed by atoms with Crippen molar-refractivity contribution in [3.05, 3.63) is 12.2 Å². The van der Waals surface area contributed by atoms with Crippen LogP contribution in [0.5, 0.6) is 0 Å². The van der Waals surface area contributed by atoms with Crippen LogP contribution in [0, 0.1) is 68.5 Å². The first-order valence-corrected chi connectivity index (χ1v) is 17.1. The Kier molecular flexibility index (Phi) is 7.55. The maximum atomic E-state index is 13.4. The normalized spacial score (nSPS) is 52.5. The molecule has 0 bridgehead atoms. The Morgan fingerprint density at radius 3 is 2.26 bits per heavy atom. The summed E-state index contributed by atoms with van der Waals surface area (Å²) in [6.07, 6.45) is 12.7. The molecular formula is C36H60O2S. The van der Waals surface area contributed by atoms with Crippen LogP contribution >= 0.6 is 12.6 Å². The molecule has 0 spiro atoms. The fraction of sp³-hybridized carbons (Fsp3) is 0.917. The Morgan fingerprint density at radius 1 is 0.897 bits per heavy atom. The van der Waals surface area contributed by atoms with Gasteiger partial charge in [-0.3, -0.25) is 0 Å². The standard InChI is InChI=1S/C36H60O2S/c1-11-20-38-31(37)24(4)30-26(39)21-32(5,6)27-15-17-35(9)28(36(27,30)10)13-12-25-29-23(3)22(2)14-16-33(29,7)18-19-34(25,35)8/h22-23,25-30,39H,4,11-21H2,1-3,5-10H3/t22-,23+,25-,26?,27+,28+,29+,30?,33-,34-,35-,36+/m1/s1. The minimum atomic E-state index is -0.175. The number of carbonyl (C=O) groups is 1. The van der Waals surface area contributed by atoms with Gasteiger partial charge in [-0.2, -0.15) is 12.6 Å². The van der Waals surface area contributed by atoms with Gasteiger partial charge in [-0.1, -0.05) is 68.9 Å². The van der Waals surface area contributed by atoms with Crippen molar-refractivity contribution in [2.24, 2.45) is 68.5 Å². The van der Waals surface area contributed by atoms with Crippen molar-refractivity contribution in [2.75, 3.05) is 6.61 Å². The highest BCUT2D eigenvalue weighted by Gasteiger charge is 2.71. The van der Waals surface area contributed by atoms with Crippen molar-refractivity contribution in [3.8, 4) is 0 Å². The molecule has 0 aromatic carbocycles. The van der Waals surface area contributed by atoms with E-state index in [9.17, 15) is 4.79 Å². The zero-order valence-corrected chi connectivity index (χ0v) is 27.8. The molecule has 5 rings (SSSR count). The summed E-state index contributed by atoms with van der Waals surface area (Å²) < 4.78 is 5.72. The van der Waals surface area contributed by atoms with Crippen LogP contribution in [-0.2, 0) is 9.53 Å². The third-order valence-corrected chi connectivity index (χ3v) is 15.5. The van der Waals surface area contributed by atoms with Gasteiger partial charge in [0.05, 0.1) is 6.61 Å². The lowest BCUT2D eigenvalue weighted by atomic mass is 9.30. The van der Waals surface area contributed by atoms with Gasteiger partial charge in [0.1, 0.15) is 0 Å². The predicted octanol–water partition coefficient (Wildman–Crippen LogP) is 9.78. The second-order valence-electron chi connectivity index (χ2n) is 17.0. The first-order valence-electron chi connectivity index (χ1n) is 16.6. The Hall–Kier alpha value is -0.440. The monoisotopic (exact) mass is 556 g/mol. The second kappa shape index (κ2) is 9.80. The molecule has 0 aliphatic heterocycles. The maximum absolute atomic E-state index is 13.4. The largest absolute Gasteiger partial charge is 0.462 e. The second-order valence-corrected chi connectivity index (χ2v) is 17.6. The maximum Gasteiger partial charge on any atom is 0.333 e. The number of carbonyl (C=O) groups excluding carboxylic acids is 1. The number of esters is 1. The molecule has 12 atom stereocenters. The quantitative estimate of drug-likeness (QED) is 0.212. The molecule has 222 valence electrons. The lowest BCUT2D eigenvalue weighted by Gasteiger charge is -2.75. The van der Waals surface area contributed by atoms with E-state index < -0.39 is 0 Å². The third kappa shape index (κ3) is 4.11. The molecule has 0 saturated heterocycles. The van der Waals surface area contributed by atoms with Crippen molar-refractivity contribution < 1.29 is 9.53 Å². The molecule has 0 radical (unpaired) electrons. The Bertz CT molecular complexity index is 987. The molecule has 5 aliphatic carbocycles. The summed E-state index contributed by atoms with van der Waals surface area (Å²) in [5.41, 5.74) is 2.06. The summed E-state index contributed by atoms with van der Waals surface area (Å²) in [5.74, 6) is 4.39. The number of fused-ring (bicyclic) bond motifs is 7. The molecule has 0 amide bonds. The number of ether oxygens (including phenoxy) is 1. The summed E-state index contributed by atoms with van der Waals surface area (Å²) >= 11 is 5.29. The Balaban J connectivity index is 1.58. The number of hydrogen-bond donors (Lipinski definition) is 1. The van der Waals surface area contributed by atoms with E-state index in [1.165, 1.54) is 51.4 Å². The Labute approximate surface area is 246 Å². The summed E-state index contributed by atoms with van der Waals surface area (Å²) in [6.45, 7) is 27.8. The van der Waals surface area contributed by atoms with E-state index in [1.807, 2.05) is 0 Å². The average molecular weight is 557 g/mol. The lowest BCUT2D eigenvalue weighted by Crippen LogP contribution is -2.69. The number of hydrogen-bond acceptors (Lipinski definition) is 3. The minimum Gasteiger partial charge on any atom is -0.462 e. The molecular weight excluding hydrogens is 496 g/mol. The highest BCUT2D eigenvalue weighted by atomic mass is 32.1. The summed E-state index contributed by atoms with van der Waals surface area (Å²) in [5, 5.41) is 0.143. The van der Waals surface area contributed by atoms with Crippen LogP contribution in [0.2, 0.25) is 0 Å². The zero-order chi connectivity index (χ0) is 28.8.